The van der Waals surface area contributed by atoms with Crippen LogP contribution in [0.4, 0.5) is 15.8 Å². The van der Waals surface area contributed by atoms with E-state index in [1.54, 1.807) is 43.3 Å². The topological polar surface area (TPSA) is 69.6 Å². The zero-order chi connectivity index (χ0) is 18.0. The molecule has 1 atom stereocenters. The van der Waals surface area contributed by atoms with Crippen LogP contribution in [0.2, 0.25) is 0 Å². The third kappa shape index (κ3) is 3.69. The number of nitrogens with one attached hydrogen (secondary N) is 1. The number of carbonyl (C=O) groups is 2. The number of rotatable bonds is 4. The molecule has 130 valence electrons. The number of nitrogens with zero attached hydrogens (tertiary/aromatic N) is 1. The predicted octanol–water partition coefficient (Wildman–Crippen LogP) is 2.62. The van der Waals surface area contributed by atoms with Gasteiger partial charge in [0.25, 0.3) is 0 Å². The van der Waals surface area contributed by atoms with Crippen molar-refractivity contribution in [2.45, 2.75) is 20.0 Å². The second-order valence-electron chi connectivity index (χ2n) is 6.21. The maximum Gasteiger partial charge on any atom is 0.229 e. The molecule has 1 heterocycles. The first-order valence-corrected chi connectivity index (χ1v) is 8.05. The average molecular weight is 342 g/mol. The standard InChI is InChI=1S/C19H19FN2O3/c1-12-5-6-17(16(20)7-12)22-10-14(9-18(22)24)19(25)21-15-4-2-3-13(8-15)11-23/h2-8,14,23H,9-11H2,1H3,(H,21,25). The Hall–Kier alpha value is -2.73. The molecule has 0 radical (unpaired) electrons. The van der Waals surface area contributed by atoms with Crippen LogP contribution in [-0.4, -0.2) is 23.5 Å². The Morgan fingerprint density at radius 1 is 1.32 bits per heavy atom. The van der Waals surface area contributed by atoms with Crippen molar-refractivity contribution in [2.75, 3.05) is 16.8 Å². The van der Waals surface area contributed by atoms with Crippen LogP contribution < -0.4 is 10.2 Å². The minimum Gasteiger partial charge on any atom is -0.392 e. The maximum absolute atomic E-state index is 14.1. The molecule has 25 heavy (non-hydrogen) atoms. The van der Waals surface area contributed by atoms with Crippen LogP contribution in [0.15, 0.2) is 42.5 Å². The first-order valence-electron chi connectivity index (χ1n) is 8.05. The Morgan fingerprint density at radius 2 is 2.12 bits per heavy atom. The largest absolute Gasteiger partial charge is 0.392 e. The van der Waals surface area contributed by atoms with Gasteiger partial charge in [-0.15, -0.1) is 0 Å². The van der Waals surface area contributed by atoms with Gasteiger partial charge in [-0.05, 0) is 42.3 Å². The molecule has 0 saturated carbocycles. The van der Waals surface area contributed by atoms with Crippen molar-refractivity contribution in [1.82, 2.24) is 0 Å². The molecular weight excluding hydrogens is 323 g/mol. The van der Waals surface area contributed by atoms with Crippen molar-refractivity contribution in [2.24, 2.45) is 5.92 Å². The average Bonchev–Trinajstić information content (AvgIpc) is 2.97. The Morgan fingerprint density at radius 3 is 2.84 bits per heavy atom. The van der Waals surface area contributed by atoms with Gasteiger partial charge >= 0.3 is 0 Å². The Bertz CT molecular complexity index is 822. The van der Waals surface area contributed by atoms with Gasteiger partial charge in [0.05, 0.1) is 18.2 Å². The van der Waals surface area contributed by atoms with Gasteiger partial charge in [-0.3, -0.25) is 9.59 Å². The molecule has 1 saturated heterocycles. The maximum atomic E-state index is 14.1. The molecule has 0 spiro atoms. The van der Waals surface area contributed by atoms with E-state index in [1.165, 1.54) is 11.0 Å². The lowest BCUT2D eigenvalue weighted by Gasteiger charge is -2.18. The molecule has 1 aliphatic rings. The highest BCUT2D eigenvalue weighted by Crippen LogP contribution is 2.28. The Balaban J connectivity index is 1.72. The van der Waals surface area contributed by atoms with E-state index < -0.39 is 11.7 Å². The Kier molecular flexibility index (Phi) is 4.81. The number of aliphatic hydroxyl groups excluding tert-OH is 1. The van der Waals surface area contributed by atoms with Gasteiger partial charge in [0.15, 0.2) is 0 Å². The number of anilines is 2. The van der Waals surface area contributed by atoms with E-state index in [0.29, 0.717) is 11.3 Å². The molecular formula is C19H19FN2O3. The van der Waals surface area contributed by atoms with E-state index in [4.69, 9.17) is 5.11 Å². The molecule has 2 aromatic carbocycles. The highest BCUT2D eigenvalue weighted by atomic mass is 19.1. The van der Waals surface area contributed by atoms with Crippen LogP contribution in [0.1, 0.15) is 17.5 Å². The molecule has 2 N–H and O–H groups in total. The van der Waals surface area contributed by atoms with Gasteiger partial charge in [0.2, 0.25) is 11.8 Å². The lowest BCUT2D eigenvalue weighted by molar-refractivity contribution is -0.122. The number of hydrogen-bond donors (Lipinski definition) is 2. The second kappa shape index (κ2) is 7.03. The molecule has 1 fully saturated rings. The lowest BCUT2D eigenvalue weighted by atomic mass is 10.1. The van der Waals surface area contributed by atoms with Crippen LogP contribution >= 0.6 is 0 Å². The lowest BCUT2D eigenvalue weighted by Crippen LogP contribution is -2.28. The van der Waals surface area contributed by atoms with Gasteiger partial charge in [0.1, 0.15) is 5.82 Å². The molecule has 2 aromatic rings. The number of halogens is 1. The van der Waals surface area contributed by atoms with Crippen molar-refractivity contribution < 1.29 is 19.1 Å². The monoisotopic (exact) mass is 342 g/mol. The van der Waals surface area contributed by atoms with E-state index >= 15 is 0 Å². The highest BCUT2D eigenvalue weighted by Gasteiger charge is 2.36. The van der Waals surface area contributed by atoms with Gasteiger partial charge in [-0.25, -0.2) is 4.39 Å². The predicted molar refractivity (Wildman–Crippen MR) is 92.6 cm³/mol. The van der Waals surface area contributed by atoms with Crippen molar-refractivity contribution >= 4 is 23.2 Å². The molecule has 1 aliphatic heterocycles. The first kappa shape index (κ1) is 17.1. The summed E-state index contributed by atoms with van der Waals surface area (Å²) in [6.45, 7) is 1.80. The fraction of sp³-hybridized carbons (Fsp3) is 0.263. The molecule has 0 bridgehead atoms. The fourth-order valence-corrected chi connectivity index (χ4v) is 2.94. The number of aryl methyl sites for hydroxylation is 1. The smallest absolute Gasteiger partial charge is 0.229 e. The van der Waals surface area contributed by atoms with E-state index in [9.17, 15) is 14.0 Å². The fourth-order valence-electron chi connectivity index (χ4n) is 2.94. The number of carbonyl (C=O) groups excluding carboxylic acids is 2. The third-order valence-electron chi connectivity index (χ3n) is 4.27. The minimum atomic E-state index is -0.550. The first-order chi connectivity index (χ1) is 12.0. The summed E-state index contributed by atoms with van der Waals surface area (Å²) in [5.74, 6) is -1.58. The van der Waals surface area contributed by atoms with Crippen molar-refractivity contribution in [3.63, 3.8) is 0 Å². The summed E-state index contributed by atoms with van der Waals surface area (Å²) in [4.78, 5) is 26.0. The Labute approximate surface area is 145 Å². The van der Waals surface area contributed by atoms with Crippen LogP contribution in [0, 0.1) is 18.7 Å². The van der Waals surface area contributed by atoms with Crippen LogP contribution in [-0.2, 0) is 16.2 Å². The SMILES string of the molecule is Cc1ccc(N2CC(C(=O)Nc3cccc(CO)c3)CC2=O)c(F)c1. The van der Waals surface area contributed by atoms with Crippen LogP contribution in [0.3, 0.4) is 0 Å². The number of benzene rings is 2. The molecule has 0 aromatic heterocycles. The number of aliphatic hydroxyl groups is 1. The molecule has 5 nitrogen and oxygen atoms in total. The van der Waals surface area contributed by atoms with Gasteiger partial charge in [0, 0.05) is 18.7 Å². The summed E-state index contributed by atoms with van der Waals surface area (Å²) in [5, 5.41) is 11.9. The molecule has 1 unspecified atom stereocenters. The summed E-state index contributed by atoms with van der Waals surface area (Å²) < 4.78 is 14.1. The zero-order valence-electron chi connectivity index (χ0n) is 13.8. The number of hydrogen-bond acceptors (Lipinski definition) is 3. The minimum absolute atomic E-state index is 0.0405. The molecule has 6 heteroatoms. The van der Waals surface area contributed by atoms with Crippen LogP contribution in [0.5, 0.6) is 0 Å². The number of amides is 2. The van der Waals surface area contributed by atoms with Gasteiger partial charge in [-0.2, -0.15) is 0 Å². The van der Waals surface area contributed by atoms with Crippen LogP contribution in [0.25, 0.3) is 0 Å². The van der Waals surface area contributed by atoms with E-state index in [2.05, 4.69) is 5.32 Å². The quantitative estimate of drug-likeness (QED) is 0.897. The molecule has 0 aliphatic carbocycles. The summed E-state index contributed by atoms with van der Waals surface area (Å²) in [5.41, 5.74) is 2.21. The zero-order valence-corrected chi connectivity index (χ0v) is 13.8. The molecule has 3 rings (SSSR count). The van der Waals surface area contributed by atoms with Gasteiger partial charge < -0.3 is 15.3 Å². The van der Waals surface area contributed by atoms with Crippen molar-refractivity contribution in [1.29, 1.82) is 0 Å². The highest BCUT2D eigenvalue weighted by molar-refractivity contribution is 6.03. The summed E-state index contributed by atoms with van der Waals surface area (Å²) >= 11 is 0. The third-order valence-corrected chi connectivity index (χ3v) is 4.27. The van der Waals surface area contributed by atoms with E-state index in [-0.39, 0.29) is 37.1 Å². The normalized spacial score (nSPS) is 17.0. The van der Waals surface area contributed by atoms with Crippen molar-refractivity contribution in [3.05, 3.63) is 59.4 Å². The summed E-state index contributed by atoms with van der Waals surface area (Å²) in [6, 6.07) is 11.5. The van der Waals surface area contributed by atoms with Crippen molar-refractivity contribution in [3.8, 4) is 0 Å². The molecule has 2 amide bonds. The summed E-state index contributed by atoms with van der Waals surface area (Å²) in [6.07, 6.45) is 0.0405. The second-order valence-corrected chi connectivity index (χ2v) is 6.21. The van der Waals surface area contributed by atoms with E-state index in [1.807, 2.05) is 0 Å². The summed E-state index contributed by atoms with van der Waals surface area (Å²) in [7, 11) is 0. The van der Waals surface area contributed by atoms with Gasteiger partial charge in [-0.1, -0.05) is 18.2 Å². The van der Waals surface area contributed by atoms with E-state index in [0.717, 1.165) is 5.56 Å².